The molecular weight excluding hydrogens is 282 g/mol. The zero-order chi connectivity index (χ0) is 15.5. The second-order valence-electron chi connectivity index (χ2n) is 8.63. The summed E-state index contributed by atoms with van der Waals surface area (Å²) in [7, 11) is 0. The van der Waals surface area contributed by atoms with Crippen molar-refractivity contribution in [1.82, 2.24) is 4.90 Å². The van der Waals surface area contributed by atoms with E-state index >= 15 is 0 Å². The number of nitrogens with zero attached hydrogens (tertiary/aromatic N) is 1. The van der Waals surface area contributed by atoms with Crippen molar-refractivity contribution in [3.8, 4) is 0 Å². The summed E-state index contributed by atoms with van der Waals surface area (Å²) in [6.07, 6.45) is 11.1. The Kier molecular flexibility index (Phi) is 3.19. The van der Waals surface area contributed by atoms with Gasteiger partial charge in [0.25, 0.3) is 0 Å². The summed E-state index contributed by atoms with van der Waals surface area (Å²) in [6, 6.07) is 9.37. The molecule has 2 saturated carbocycles. The van der Waals surface area contributed by atoms with Crippen LogP contribution in [0.5, 0.6) is 0 Å². The predicted octanol–water partition coefficient (Wildman–Crippen LogP) is 3.66. The molecule has 23 heavy (non-hydrogen) atoms. The smallest absolute Gasteiger partial charge is 0.0901 e. The number of hydrogen-bond donors (Lipinski definition) is 1. The standard InChI is InChI=1S/C21H29NO/c23-21-11-4-3-10-20(21)12-13-22(15-16-6-5-7-16)19(21)14-17-8-1-2-9-18(17)20/h1-2,8-9,16,19,23H,3-7,10-15H2/t19-,20+,21-/m1/s1. The van der Waals surface area contributed by atoms with Crippen LogP contribution >= 0.6 is 0 Å². The minimum atomic E-state index is -0.485. The molecule has 1 heterocycles. The molecule has 1 aromatic rings. The summed E-state index contributed by atoms with van der Waals surface area (Å²) in [4.78, 5) is 2.68. The van der Waals surface area contributed by atoms with E-state index in [9.17, 15) is 5.11 Å². The SMILES string of the molecule is O[C@@]12CCCC[C@@]13CCN(CC1CCC1)[C@@H]2Cc1ccccc13. The summed E-state index contributed by atoms with van der Waals surface area (Å²) < 4.78 is 0. The average molecular weight is 311 g/mol. The number of fused-ring (bicyclic) bond motifs is 1. The second kappa shape index (κ2) is 5.07. The van der Waals surface area contributed by atoms with E-state index in [0.717, 1.165) is 25.2 Å². The molecule has 3 fully saturated rings. The monoisotopic (exact) mass is 311 g/mol. The first-order chi connectivity index (χ1) is 11.2. The number of hydrogen-bond acceptors (Lipinski definition) is 2. The summed E-state index contributed by atoms with van der Waals surface area (Å²) >= 11 is 0. The number of aliphatic hydroxyl groups is 1. The van der Waals surface area contributed by atoms with E-state index < -0.39 is 5.60 Å². The summed E-state index contributed by atoms with van der Waals surface area (Å²) in [5.74, 6) is 0.895. The van der Waals surface area contributed by atoms with Gasteiger partial charge in [0.05, 0.1) is 5.60 Å². The first-order valence-electron chi connectivity index (χ1n) is 9.78. The number of likely N-dealkylation sites (tertiary alicyclic amines) is 1. The van der Waals surface area contributed by atoms with E-state index in [1.54, 1.807) is 0 Å². The Bertz CT molecular complexity index is 610. The van der Waals surface area contributed by atoms with Gasteiger partial charge >= 0.3 is 0 Å². The van der Waals surface area contributed by atoms with Crippen molar-refractivity contribution in [2.24, 2.45) is 5.92 Å². The molecule has 0 radical (unpaired) electrons. The normalized spacial score (nSPS) is 40.1. The van der Waals surface area contributed by atoms with Crippen LogP contribution < -0.4 is 0 Å². The lowest BCUT2D eigenvalue weighted by Gasteiger charge is -2.64. The molecule has 0 spiro atoms. The second-order valence-corrected chi connectivity index (χ2v) is 8.63. The lowest BCUT2D eigenvalue weighted by molar-refractivity contribution is -0.169. The fourth-order valence-electron chi connectivity index (χ4n) is 6.30. The molecule has 1 aromatic carbocycles. The molecular formula is C21H29NO. The van der Waals surface area contributed by atoms with E-state index in [0.29, 0.717) is 6.04 Å². The van der Waals surface area contributed by atoms with E-state index in [2.05, 4.69) is 29.2 Å². The van der Waals surface area contributed by atoms with Crippen LogP contribution in [0.2, 0.25) is 0 Å². The van der Waals surface area contributed by atoms with Crippen LogP contribution in [0.4, 0.5) is 0 Å². The largest absolute Gasteiger partial charge is 0.387 e. The minimum absolute atomic E-state index is 0.0425. The Morgan fingerprint density at radius 3 is 2.70 bits per heavy atom. The molecule has 2 nitrogen and oxygen atoms in total. The van der Waals surface area contributed by atoms with Crippen LogP contribution in [0, 0.1) is 5.92 Å². The van der Waals surface area contributed by atoms with Crippen molar-refractivity contribution in [2.75, 3.05) is 13.1 Å². The van der Waals surface area contributed by atoms with Gasteiger partial charge in [-0.05, 0) is 62.1 Å². The maximum Gasteiger partial charge on any atom is 0.0901 e. The van der Waals surface area contributed by atoms with Crippen molar-refractivity contribution < 1.29 is 5.11 Å². The van der Waals surface area contributed by atoms with Crippen LogP contribution in [-0.2, 0) is 11.8 Å². The van der Waals surface area contributed by atoms with Gasteiger partial charge in [-0.2, -0.15) is 0 Å². The minimum Gasteiger partial charge on any atom is -0.387 e. The van der Waals surface area contributed by atoms with Crippen LogP contribution in [0.3, 0.4) is 0 Å². The van der Waals surface area contributed by atoms with Crippen LogP contribution in [0.15, 0.2) is 24.3 Å². The molecule has 5 rings (SSSR count). The van der Waals surface area contributed by atoms with Crippen LogP contribution in [0.1, 0.15) is 62.5 Å². The summed E-state index contributed by atoms with van der Waals surface area (Å²) in [5.41, 5.74) is 2.56. The Morgan fingerprint density at radius 2 is 1.87 bits per heavy atom. The fourth-order valence-corrected chi connectivity index (χ4v) is 6.30. The third kappa shape index (κ3) is 1.88. The van der Waals surface area contributed by atoms with E-state index in [1.807, 2.05) is 0 Å². The van der Waals surface area contributed by atoms with E-state index in [1.165, 1.54) is 62.7 Å². The molecule has 1 saturated heterocycles. The van der Waals surface area contributed by atoms with Gasteiger partial charge in [0, 0.05) is 18.0 Å². The van der Waals surface area contributed by atoms with Gasteiger partial charge < -0.3 is 5.11 Å². The molecule has 0 amide bonds. The maximum absolute atomic E-state index is 11.9. The lowest BCUT2D eigenvalue weighted by atomic mass is 9.49. The molecule has 3 atom stereocenters. The Hall–Kier alpha value is -0.860. The molecule has 124 valence electrons. The van der Waals surface area contributed by atoms with Crippen molar-refractivity contribution in [3.63, 3.8) is 0 Å². The Morgan fingerprint density at radius 1 is 1.04 bits per heavy atom. The van der Waals surface area contributed by atoms with E-state index in [-0.39, 0.29) is 5.41 Å². The topological polar surface area (TPSA) is 23.5 Å². The van der Waals surface area contributed by atoms with Gasteiger partial charge in [-0.3, -0.25) is 4.90 Å². The quantitative estimate of drug-likeness (QED) is 0.901. The lowest BCUT2D eigenvalue weighted by Crippen LogP contribution is -2.72. The third-order valence-electron chi connectivity index (χ3n) is 7.72. The van der Waals surface area contributed by atoms with Crippen molar-refractivity contribution in [2.45, 2.75) is 74.8 Å². The number of benzene rings is 1. The van der Waals surface area contributed by atoms with Crippen LogP contribution in [0.25, 0.3) is 0 Å². The van der Waals surface area contributed by atoms with Gasteiger partial charge in [0.2, 0.25) is 0 Å². The Labute approximate surface area is 139 Å². The van der Waals surface area contributed by atoms with Crippen molar-refractivity contribution >= 4 is 0 Å². The van der Waals surface area contributed by atoms with Gasteiger partial charge in [0.15, 0.2) is 0 Å². The molecule has 0 aromatic heterocycles. The molecule has 0 unspecified atom stereocenters. The third-order valence-corrected chi connectivity index (χ3v) is 7.72. The highest BCUT2D eigenvalue weighted by molar-refractivity contribution is 5.44. The van der Waals surface area contributed by atoms with Crippen LogP contribution in [-0.4, -0.2) is 34.7 Å². The van der Waals surface area contributed by atoms with Gasteiger partial charge in [-0.25, -0.2) is 0 Å². The van der Waals surface area contributed by atoms with E-state index in [4.69, 9.17) is 0 Å². The first-order valence-corrected chi connectivity index (χ1v) is 9.78. The van der Waals surface area contributed by atoms with Gasteiger partial charge in [-0.1, -0.05) is 43.5 Å². The van der Waals surface area contributed by atoms with Crippen molar-refractivity contribution in [3.05, 3.63) is 35.4 Å². The fraction of sp³-hybridized carbons (Fsp3) is 0.714. The van der Waals surface area contributed by atoms with Gasteiger partial charge in [0.1, 0.15) is 0 Å². The zero-order valence-electron chi connectivity index (χ0n) is 14.1. The summed E-state index contributed by atoms with van der Waals surface area (Å²) in [5, 5.41) is 11.9. The summed E-state index contributed by atoms with van der Waals surface area (Å²) in [6.45, 7) is 2.42. The average Bonchev–Trinajstić information content (AvgIpc) is 2.52. The highest BCUT2D eigenvalue weighted by Crippen LogP contribution is 2.58. The highest BCUT2D eigenvalue weighted by atomic mass is 16.3. The molecule has 2 bridgehead atoms. The molecule has 4 aliphatic rings. The predicted molar refractivity (Wildman–Crippen MR) is 92.6 cm³/mol. The zero-order valence-corrected chi connectivity index (χ0v) is 14.1. The molecule has 1 N–H and O–H groups in total. The number of rotatable bonds is 2. The van der Waals surface area contributed by atoms with Gasteiger partial charge in [-0.15, -0.1) is 0 Å². The highest BCUT2D eigenvalue weighted by Gasteiger charge is 2.63. The molecule has 2 heteroatoms. The van der Waals surface area contributed by atoms with Crippen molar-refractivity contribution in [1.29, 1.82) is 0 Å². The first kappa shape index (κ1) is 14.5. The number of piperidine rings is 1. The maximum atomic E-state index is 11.9. The Balaban J connectivity index is 1.58. The molecule has 3 aliphatic carbocycles. The molecule has 1 aliphatic heterocycles.